The molecule has 2 aromatic rings. The molecule has 9 heteroatoms. The third-order valence-corrected chi connectivity index (χ3v) is 5.35. The lowest BCUT2D eigenvalue weighted by atomic mass is 10.1. The minimum absolute atomic E-state index is 0.00486. The van der Waals surface area contributed by atoms with Crippen LogP contribution in [0.25, 0.3) is 0 Å². The summed E-state index contributed by atoms with van der Waals surface area (Å²) in [5, 5.41) is 13.0. The van der Waals surface area contributed by atoms with E-state index in [1.54, 1.807) is 20.2 Å². The number of methoxy groups -OCH3 is 1. The van der Waals surface area contributed by atoms with Crippen LogP contribution in [-0.2, 0) is 28.3 Å². The number of rotatable bonds is 7. The zero-order valence-corrected chi connectivity index (χ0v) is 14.4. The standard InChI is InChI=1S/C15H19N3O5S/c1-4-18(12-9-16-17(2)10-12)24(21,22)13-5-6-14(23-3)11(7-13)8-15(19)20/h5-7,9-10H,4,8H2,1-3H3,(H,19,20). The molecular formula is C15H19N3O5S. The van der Waals surface area contributed by atoms with Crippen molar-refractivity contribution in [2.75, 3.05) is 18.0 Å². The number of nitrogens with zero attached hydrogens (tertiary/aromatic N) is 3. The lowest BCUT2D eigenvalue weighted by Gasteiger charge is -2.21. The molecule has 1 N–H and O–H groups in total. The Kier molecular flexibility index (Phi) is 5.13. The molecule has 0 fully saturated rings. The molecule has 1 heterocycles. The van der Waals surface area contributed by atoms with Crippen LogP contribution in [-0.4, -0.2) is 42.9 Å². The zero-order chi connectivity index (χ0) is 17.9. The van der Waals surface area contributed by atoms with Crippen molar-refractivity contribution in [2.24, 2.45) is 7.05 Å². The summed E-state index contributed by atoms with van der Waals surface area (Å²) in [6.45, 7) is 1.93. The Morgan fingerprint density at radius 1 is 1.42 bits per heavy atom. The van der Waals surface area contributed by atoms with Gasteiger partial charge in [-0.25, -0.2) is 8.42 Å². The second-order valence-electron chi connectivity index (χ2n) is 5.09. The SMILES string of the molecule is CCN(c1cnn(C)c1)S(=O)(=O)c1ccc(OC)c(CC(=O)O)c1. The van der Waals surface area contributed by atoms with Gasteiger partial charge in [0.1, 0.15) is 5.75 Å². The number of benzene rings is 1. The minimum Gasteiger partial charge on any atom is -0.496 e. The number of anilines is 1. The second-order valence-corrected chi connectivity index (χ2v) is 6.95. The van der Waals surface area contributed by atoms with Crippen molar-refractivity contribution in [1.29, 1.82) is 0 Å². The molecular weight excluding hydrogens is 334 g/mol. The van der Waals surface area contributed by atoms with E-state index in [4.69, 9.17) is 9.84 Å². The van der Waals surface area contributed by atoms with E-state index in [1.807, 2.05) is 0 Å². The van der Waals surface area contributed by atoms with Crippen molar-refractivity contribution in [1.82, 2.24) is 9.78 Å². The average Bonchev–Trinajstić information content (AvgIpc) is 2.93. The molecule has 0 unspecified atom stereocenters. The first kappa shape index (κ1) is 17.8. The van der Waals surface area contributed by atoms with Crippen LogP contribution in [0.3, 0.4) is 0 Å². The number of carbonyl (C=O) groups is 1. The molecule has 130 valence electrons. The third-order valence-electron chi connectivity index (χ3n) is 3.45. The molecule has 24 heavy (non-hydrogen) atoms. The van der Waals surface area contributed by atoms with Crippen LogP contribution in [0.5, 0.6) is 5.75 Å². The molecule has 0 aliphatic carbocycles. The van der Waals surface area contributed by atoms with Gasteiger partial charge in [0.2, 0.25) is 0 Å². The molecule has 0 radical (unpaired) electrons. The highest BCUT2D eigenvalue weighted by Crippen LogP contribution is 2.27. The molecule has 0 amide bonds. The summed E-state index contributed by atoms with van der Waals surface area (Å²) in [6, 6.07) is 4.20. The smallest absolute Gasteiger partial charge is 0.307 e. The number of ether oxygens (including phenoxy) is 1. The van der Waals surface area contributed by atoms with Gasteiger partial charge in [-0.05, 0) is 25.1 Å². The lowest BCUT2D eigenvalue weighted by molar-refractivity contribution is -0.136. The summed E-state index contributed by atoms with van der Waals surface area (Å²) in [5.41, 5.74) is 0.740. The van der Waals surface area contributed by atoms with E-state index in [0.29, 0.717) is 17.0 Å². The van der Waals surface area contributed by atoms with Crippen molar-refractivity contribution in [3.8, 4) is 5.75 Å². The van der Waals surface area contributed by atoms with Crippen LogP contribution in [0.4, 0.5) is 5.69 Å². The first-order valence-corrected chi connectivity index (χ1v) is 8.63. The Hall–Kier alpha value is -2.55. The monoisotopic (exact) mass is 353 g/mol. The second kappa shape index (κ2) is 6.91. The molecule has 8 nitrogen and oxygen atoms in total. The summed E-state index contributed by atoms with van der Waals surface area (Å²) in [6.07, 6.45) is 2.73. The normalized spacial score (nSPS) is 11.3. The number of hydrogen-bond acceptors (Lipinski definition) is 5. The average molecular weight is 353 g/mol. The summed E-state index contributed by atoms with van der Waals surface area (Å²) >= 11 is 0. The third kappa shape index (κ3) is 3.51. The predicted molar refractivity (Wildman–Crippen MR) is 87.7 cm³/mol. The highest BCUT2D eigenvalue weighted by Gasteiger charge is 2.26. The largest absolute Gasteiger partial charge is 0.496 e. The van der Waals surface area contributed by atoms with E-state index < -0.39 is 16.0 Å². The van der Waals surface area contributed by atoms with E-state index in [-0.39, 0.29) is 17.9 Å². The predicted octanol–water partition coefficient (Wildman–Crippen LogP) is 1.27. The topological polar surface area (TPSA) is 102 Å². The molecule has 0 spiro atoms. The quantitative estimate of drug-likeness (QED) is 0.804. The maximum Gasteiger partial charge on any atom is 0.307 e. The molecule has 0 atom stereocenters. The summed E-state index contributed by atoms with van der Waals surface area (Å²) < 4.78 is 33.7. The van der Waals surface area contributed by atoms with E-state index in [1.165, 1.54) is 40.5 Å². The van der Waals surface area contributed by atoms with Gasteiger partial charge >= 0.3 is 5.97 Å². The number of carboxylic acid groups (broad SMARTS) is 1. The Morgan fingerprint density at radius 2 is 2.12 bits per heavy atom. The number of aliphatic carboxylic acids is 1. The maximum atomic E-state index is 12.9. The van der Waals surface area contributed by atoms with Gasteiger partial charge < -0.3 is 9.84 Å². The van der Waals surface area contributed by atoms with Gasteiger partial charge in [0.15, 0.2) is 0 Å². The van der Waals surface area contributed by atoms with E-state index in [2.05, 4.69) is 5.10 Å². The van der Waals surface area contributed by atoms with Gasteiger partial charge in [-0.2, -0.15) is 5.10 Å². The van der Waals surface area contributed by atoms with Crippen LogP contribution < -0.4 is 9.04 Å². The van der Waals surface area contributed by atoms with Gasteiger partial charge in [0.05, 0.1) is 30.3 Å². The molecule has 0 aliphatic rings. The number of aromatic nitrogens is 2. The fourth-order valence-electron chi connectivity index (χ4n) is 2.37. The molecule has 0 saturated heterocycles. The minimum atomic E-state index is -3.84. The first-order valence-electron chi connectivity index (χ1n) is 7.19. The molecule has 2 rings (SSSR count). The zero-order valence-electron chi connectivity index (χ0n) is 13.6. The van der Waals surface area contributed by atoms with Gasteiger partial charge in [-0.3, -0.25) is 13.8 Å². The van der Waals surface area contributed by atoms with Crippen molar-refractivity contribution in [2.45, 2.75) is 18.2 Å². The Bertz CT molecular complexity index is 845. The van der Waals surface area contributed by atoms with Gasteiger partial charge in [0, 0.05) is 25.4 Å². The number of hydrogen-bond donors (Lipinski definition) is 1. The number of carboxylic acids is 1. The lowest BCUT2D eigenvalue weighted by Crippen LogP contribution is -2.30. The highest BCUT2D eigenvalue weighted by atomic mass is 32.2. The van der Waals surface area contributed by atoms with E-state index in [9.17, 15) is 13.2 Å². The Labute approximate surface area is 140 Å². The molecule has 0 aliphatic heterocycles. The van der Waals surface area contributed by atoms with Crippen LogP contribution in [0.1, 0.15) is 12.5 Å². The first-order chi connectivity index (χ1) is 11.3. The van der Waals surface area contributed by atoms with Crippen LogP contribution in [0, 0.1) is 0 Å². The van der Waals surface area contributed by atoms with Crippen molar-refractivity contribution in [3.63, 3.8) is 0 Å². The van der Waals surface area contributed by atoms with Crippen LogP contribution in [0.15, 0.2) is 35.5 Å². The van der Waals surface area contributed by atoms with Crippen LogP contribution >= 0.6 is 0 Å². The molecule has 1 aromatic heterocycles. The molecule has 0 bridgehead atoms. The maximum absolute atomic E-state index is 12.9. The van der Waals surface area contributed by atoms with Crippen molar-refractivity contribution in [3.05, 3.63) is 36.2 Å². The fraction of sp³-hybridized carbons (Fsp3) is 0.333. The van der Waals surface area contributed by atoms with Crippen molar-refractivity contribution >= 4 is 21.7 Å². The number of aryl methyl sites for hydroxylation is 1. The van der Waals surface area contributed by atoms with E-state index in [0.717, 1.165) is 0 Å². The molecule has 1 aromatic carbocycles. The highest BCUT2D eigenvalue weighted by molar-refractivity contribution is 7.92. The van der Waals surface area contributed by atoms with Gasteiger partial charge in [0.25, 0.3) is 10.0 Å². The van der Waals surface area contributed by atoms with Gasteiger partial charge in [-0.15, -0.1) is 0 Å². The fourth-order valence-corrected chi connectivity index (χ4v) is 3.87. The van der Waals surface area contributed by atoms with E-state index >= 15 is 0 Å². The van der Waals surface area contributed by atoms with Crippen LogP contribution in [0.2, 0.25) is 0 Å². The van der Waals surface area contributed by atoms with Gasteiger partial charge in [-0.1, -0.05) is 0 Å². The van der Waals surface area contributed by atoms with Crippen molar-refractivity contribution < 1.29 is 23.1 Å². The summed E-state index contributed by atoms with van der Waals surface area (Å²) in [7, 11) is -0.740. The molecule has 0 saturated carbocycles. The Morgan fingerprint density at radius 3 is 2.62 bits per heavy atom. The summed E-state index contributed by atoms with van der Waals surface area (Å²) in [5.74, 6) is -0.733. The number of sulfonamides is 1. The Balaban J connectivity index is 2.49. The summed E-state index contributed by atoms with van der Waals surface area (Å²) in [4.78, 5) is 11.0.